The molecule has 1 rings (SSSR count). The van der Waals surface area contributed by atoms with Gasteiger partial charge in [-0.25, -0.2) is 0 Å². The fraction of sp³-hybridized carbons (Fsp3) is 0.562. The zero-order valence-corrected chi connectivity index (χ0v) is 12.1. The number of hydrogen-bond acceptors (Lipinski definition) is 2. The highest BCUT2D eigenvalue weighted by Gasteiger charge is 2.14. The van der Waals surface area contributed by atoms with Gasteiger partial charge in [-0.2, -0.15) is 0 Å². The summed E-state index contributed by atoms with van der Waals surface area (Å²) < 4.78 is 0. The lowest BCUT2D eigenvalue weighted by Crippen LogP contribution is -2.31. The molecule has 19 heavy (non-hydrogen) atoms. The van der Waals surface area contributed by atoms with Gasteiger partial charge in [-0.15, -0.1) is 0 Å². The standard InChI is InChI=1S/C16H25NO2/c1-4-15(11-18)16(19)17-10-14-7-5-13(6-8-14)9-12(2)3/h5-8,12,15,18H,4,9-11H2,1-3H3,(H,17,19). The fourth-order valence-corrected chi connectivity index (χ4v) is 2.00. The third-order valence-electron chi connectivity index (χ3n) is 3.22. The van der Waals surface area contributed by atoms with Gasteiger partial charge in [0.25, 0.3) is 0 Å². The molecular formula is C16H25NO2. The molecule has 0 radical (unpaired) electrons. The first kappa shape index (κ1) is 15.7. The zero-order valence-electron chi connectivity index (χ0n) is 12.1. The van der Waals surface area contributed by atoms with Gasteiger partial charge in [-0.05, 0) is 29.9 Å². The van der Waals surface area contributed by atoms with Crippen molar-refractivity contribution in [2.45, 2.75) is 40.2 Å². The molecule has 1 unspecified atom stereocenters. The molecule has 0 aliphatic heterocycles. The molecule has 2 N–H and O–H groups in total. The summed E-state index contributed by atoms with van der Waals surface area (Å²) in [5.41, 5.74) is 2.42. The smallest absolute Gasteiger partial charge is 0.225 e. The number of amides is 1. The van der Waals surface area contributed by atoms with Crippen LogP contribution >= 0.6 is 0 Å². The molecule has 0 bridgehead atoms. The van der Waals surface area contributed by atoms with E-state index in [4.69, 9.17) is 5.11 Å². The average Bonchev–Trinajstić information content (AvgIpc) is 2.38. The Labute approximate surface area is 116 Å². The maximum Gasteiger partial charge on any atom is 0.225 e. The second-order valence-corrected chi connectivity index (χ2v) is 5.42. The van der Waals surface area contributed by atoms with Crippen molar-refractivity contribution < 1.29 is 9.90 Å². The molecule has 0 saturated heterocycles. The molecule has 0 heterocycles. The molecule has 0 aliphatic rings. The van der Waals surface area contributed by atoms with Gasteiger partial charge in [0.05, 0.1) is 12.5 Å². The van der Waals surface area contributed by atoms with Crippen molar-refractivity contribution in [2.24, 2.45) is 11.8 Å². The van der Waals surface area contributed by atoms with Crippen molar-refractivity contribution >= 4 is 5.91 Å². The van der Waals surface area contributed by atoms with Crippen LogP contribution < -0.4 is 5.32 Å². The minimum atomic E-state index is -0.291. The van der Waals surface area contributed by atoms with Crippen LogP contribution in [0.15, 0.2) is 24.3 Å². The lowest BCUT2D eigenvalue weighted by molar-refractivity contribution is -0.126. The molecule has 0 spiro atoms. The first-order valence-corrected chi connectivity index (χ1v) is 7.03. The van der Waals surface area contributed by atoms with Crippen molar-refractivity contribution in [3.63, 3.8) is 0 Å². The highest BCUT2D eigenvalue weighted by atomic mass is 16.3. The number of aliphatic hydroxyl groups is 1. The predicted octanol–water partition coefficient (Wildman–Crippen LogP) is 2.52. The Kier molecular flexibility index (Phi) is 6.57. The quantitative estimate of drug-likeness (QED) is 0.794. The monoisotopic (exact) mass is 263 g/mol. The molecule has 1 amide bonds. The second kappa shape index (κ2) is 7.95. The number of carbonyl (C=O) groups excluding carboxylic acids is 1. The van der Waals surface area contributed by atoms with Gasteiger partial charge in [-0.1, -0.05) is 45.0 Å². The largest absolute Gasteiger partial charge is 0.396 e. The van der Waals surface area contributed by atoms with Crippen LogP contribution in [-0.4, -0.2) is 17.6 Å². The van der Waals surface area contributed by atoms with Crippen molar-refractivity contribution in [3.8, 4) is 0 Å². The Bertz CT molecular complexity index is 380. The minimum absolute atomic E-state index is 0.0729. The molecule has 1 aromatic carbocycles. The molecule has 0 aromatic heterocycles. The van der Waals surface area contributed by atoms with Gasteiger partial charge in [0, 0.05) is 6.54 Å². The molecule has 1 atom stereocenters. The first-order chi connectivity index (χ1) is 9.06. The van der Waals surface area contributed by atoms with Crippen LogP contribution in [0.2, 0.25) is 0 Å². The summed E-state index contributed by atoms with van der Waals surface area (Å²) in [6.45, 7) is 6.75. The van der Waals surface area contributed by atoms with E-state index in [2.05, 4.69) is 43.4 Å². The van der Waals surface area contributed by atoms with Gasteiger partial charge in [0.15, 0.2) is 0 Å². The topological polar surface area (TPSA) is 49.3 Å². The molecule has 3 nitrogen and oxygen atoms in total. The molecule has 0 aliphatic carbocycles. The lowest BCUT2D eigenvalue weighted by atomic mass is 10.0. The summed E-state index contributed by atoms with van der Waals surface area (Å²) >= 11 is 0. The van der Waals surface area contributed by atoms with E-state index in [-0.39, 0.29) is 18.4 Å². The highest BCUT2D eigenvalue weighted by molar-refractivity contribution is 5.78. The van der Waals surface area contributed by atoms with Gasteiger partial charge in [0.2, 0.25) is 5.91 Å². The summed E-state index contributed by atoms with van der Waals surface area (Å²) in [6.07, 6.45) is 1.74. The van der Waals surface area contributed by atoms with Crippen LogP contribution in [-0.2, 0) is 17.8 Å². The van der Waals surface area contributed by atoms with Gasteiger partial charge in [0.1, 0.15) is 0 Å². The van der Waals surface area contributed by atoms with Crippen molar-refractivity contribution in [1.29, 1.82) is 0 Å². The van der Waals surface area contributed by atoms with E-state index in [0.29, 0.717) is 18.9 Å². The summed E-state index contributed by atoms with van der Waals surface area (Å²) in [4.78, 5) is 11.7. The van der Waals surface area contributed by atoms with E-state index < -0.39 is 0 Å². The van der Waals surface area contributed by atoms with E-state index in [1.165, 1.54) is 5.56 Å². The maximum atomic E-state index is 11.7. The number of aliphatic hydroxyl groups excluding tert-OH is 1. The van der Waals surface area contributed by atoms with Crippen molar-refractivity contribution in [3.05, 3.63) is 35.4 Å². The van der Waals surface area contributed by atoms with Gasteiger partial charge >= 0.3 is 0 Å². The van der Waals surface area contributed by atoms with Crippen molar-refractivity contribution in [1.82, 2.24) is 5.32 Å². The second-order valence-electron chi connectivity index (χ2n) is 5.42. The summed E-state index contributed by atoms with van der Waals surface area (Å²) in [5.74, 6) is 0.289. The summed E-state index contributed by atoms with van der Waals surface area (Å²) in [5, 5.41) is 11.9. The number of nitrogens with one attached hydrogen (secondary N) is 1. The molecule has 1 aromatic rings. The molecule has 0 saturated carbocycles. The van der Waals surface area contributed by atoms with Crippen LogP contribution in [0.1, 0.15) is 38.3 Å². The number of carbonyl (C=O) groups is 1. The molecular weight excluding hydrogens is 238 g/mol. The lowest BCUT2D eigenvalue weighted by Gasteiger charge is -2.12. The zero-order chi connectivity index (χ0) is 14.3. The Balaban J connectivity index is 2.47. The SMILES string of the molecule is CCC(CO)C(=O)NCc1ccc(CC(C)C)cc1. The Morgan fingerprint density at radius 1 is 1.21 bits per heavy atom. The Morgan fingerprint density at radius 2 is 1.79 bits per heavy atom. The summed E-state index contributed by atoms with van der Waals surface area (Å²) in [7, 11) is 0. The van der Waals surface area contributed by atoms with E-state index in [1.54, 1.807) is 0 Å². The van der Waals surface area contributed by atoms with E-state index >= 15 is 0 Å². The van der Waals surface area contributed by atoms with Crippen molar-refractivity contribution in [2.75, 3.05) is 6.61 Å². The molecule has 106 valence electrons. The van der Waals surface area contributed by atoms with Crippen LogP contribution in [0, 0.1) is 11.8 Å². The first-order valence-electron chi connectivity index (χ1n) is 7.03. The van der Waals surface area contributed by atoms with Crippen LogP contribution in [0.25, 0.3) is 0 Å². The van der Waals surface area contributed by atoms with Crippen LogP contribution in [0.5, 0.6) is 0 Å². The Hall–Kier alpha value is -1.35. The number of hydrogen-bond donors (Lipinski definition) is 2. The number of rotatable bonds is 7. The fourth-order valence-electron chi connectivity index (χ4n) is 2.00. The highest BCUT2D eigenvalue weighted by Crippen LogP contribution is 2.10. The predicted molar refractivity (Wildman–Crippen MR) is 77.7 cm³/mol. The van der Waals surface area contributed by atoms with E-state index in [0.717, 1.165) is 12.0 Å². The normalized spacial score (nSPS) is 12.5. The third-order valence-corrected chi connectivity index (χ3v) is 3.22. The average molecular weight is 263 g/mol. The van der Waals surface area contributed by atoms with E-state index in [1.807, 2.05) is 6.92 Å². The van der Waals surface area contributed by atoms with Gasteiger partial charge in [-0.3, -0.25) is 4.79 Å². The van der Waals surface area contributed by atoms with Crippen LogP contribution in [0.4, 0.5) is 0 Å². The molecule has 3 heteroatoms. The molecule has 0 fully saturated rings. The third kappa shape index (κ3) is 5.43. The van der Waals surface area contributed by atoms with Crippen LogP contribution in [0.3, 0.4) is 0 Å². The maximum absolute atomic E-state index is 11.7. The Morgan fingerprint density at radius 3 is 2.26 bits per heavy atom. The van der Waals surface area contributed by atoms with E-state index in [9.17, 15) is 4.79 Å². The number of benzene rings is 1. The summed E-state index contributed by atoms with van der Waals surface area (Å²) in [6, 6.07) is 8.34. The van der Waals surface area contributed by atoms with Gasteiger partial charge < -0.3 is 10.4 Å². The minimum Gasteiger partial charge on any atom is -0.396 e.